The SMILES string of the molecule is COCCn1cc(CNc2csnc2C)cn1. The molecule has 0 radical (unpaired) electrons. The number of hydrogen-bond donors (Lipinski definition) is 1. The molecule has 0 saturated carbocycles. The summed E-state index contributed by atoms with van der Waals surface area (Å²) in [5, 5.41) is 9.62. The second kappa shape index (κ2) is 5.79. The number of nitrogens with one attached hydrogen (secondary N) is 1. The second-order valence-electron chi connectivity index (χ2n) is 3.77. The van der Waals surface area contributed by atoms with E-state index in [-0.39, 0.29) is 0 Å². The van der Waals surface area contributed by atoms with Crippen molar-refractivity contribution in [1.29, 1.82) is 0 Å². The predicted octanol–water partition coefficient (Wildman–Crippen LogP) is 1.91. The van der Waals surface area contributed by atoms with Gasteiger partial charge in [-0.25, -0.2) is 0 Å². The van der Waals surface area contributed by atoms with Gasteiger partial charge in [0, 0.05) is 30.8 Å². The fourth-order valence-electron chi connectivity index (χ4n) is 1.46. The Morgan fingerprint density at radius 1 is 1.53 bits per heavy atom. The van der Waals surface area contributed by atoms with Crippen molar-refractivity contribution in [3.05, 3.63) is 29.0 Å². The largest absolute Gasteiger partial charge is 0.383 e. The summed E-state index contributed by atoms with van der Waals surface area (Å²) in [7, 11) is 1.69. The fourth-order valence-corrected chi connectivity index (χ4v) is 2.13. The fraction of sp³-hybridized carbons (Fsp3) is 0.455. The second-order valence-corrected chi connectivity index (χ2v) is 4.40. The third kappa shape index (κ3) is 3.28. The molecule has 0 aliphatic rings. The van der Waals surface area contributed by atoms with E-state index in [1.54, 1.807) is 7.11 Å². The number of nitrogens with zero attached hydrogens (tertiary/aromatic N) is 3. The number of ether oxygens (including phenoxy) is 1. The summed E-state index contributed by atoms with van der Waals surface area (Å²) in [4.78, 5) is 0. The molecule has 1 N–H and O–H groups in total. The number of aromatic nitrogens is 3. The van der Waals surface area contributed by atoms with Crippen molar-refractivity contribution in [2.75, 3.05) is 19.0 Å². The molecule has 0 aliphatic carbocycles. The molecule has 0 bridgehead atoms. The molecule has 5 nitrogen and oxygen atoms in total. The zero-order valence-corrected chi connectivity index (χ0v) is 10.8. The van der Waals surface area contributed by atoms with Crippen LogP contribution in [0.25, 0.3) is 0 Å². The highest BCUT2D eigenvalue weighted by Crippen LogP contribution is 2.16. The van der Waals surface area contributed by atoms with Gasteiger partial charge in [-0.1, -0.05) is 0 Å². The molecule has 0 saturated heterocycles. The highest BCUT2D eigenvalue weighted by molar-refractivity contribution is 7.04. The van der Waals surface area contributed by atoms with Crippen LogP contribution in [0.1, 0.15) is 11.3 Å². The van der Waals surface area contributed by atoms with Crippen LogP contribution in [0.4, 0.5) is 5.69 Å². The van der Waals surface area contributed by atoms with Crippen LogP contribution in [-0.2, 0) is 17.8 Å². The van der Waals surface area contributed by atoms with Gasteiger partial charge >= 0.3 is 0 Å². The molecule has 0 atom stereocenters. The first-order valence-electron chi connectivity index (χ1n) is 5.44. The van der Waals surface area contributed by atoms with E-state index in [0.717, 1.165) is 30.0 Å². The van der Waals surface area contributed by atoms with E-state index in [1.807, 2.05) is 29.4 Å². The number of hydrogen-bond acceptors (Lipinski definition) is 5. The zero-order chi connectivity index (χ0) is 12.1. The van der Waals surface area contributed by atoms with Crippen LogP contribution in [0.3, 0.4) is 0 Å². The molecule has 2 aromatic heterocycles. The molecule has 0 fully saturated rings. The topological polar surface area (TPSA) is 52.0 Å². The van der Waals surface area contributed by atoms with Crippen LogP contribution in [0.5, 0.6) is 0 Å². The average Bonchev–Trinajstić information content (AvgIpc) is 2.93. The first kappa shape index (κ1) is 12.1. The van der Waals surface area contributed by atoms with Gasteiger partial charge in [-0.2, -0.15) is 9.47 Å². The summed E-state index contributed by atoms with van der Waals surface area (Å²) in [6.07, 6.45) is 3.90. The van der Waals surface area contributed by atoms with Crippen LogP contribution < -0.4 is 5.32 Å². The van der Waals surface area contributed by atoms with Gasteiger partial charge in [-0.15, -0.1) is 0 Å². The lowest BCUT2D eigenvalue weighted by Crippen LogP contribution is -2.04. The van der Waals surface area contributed by atoms with Crippen LogP contribution in [-0.4, -0.2) is 27.9 Å². The Balaban J connectivity index is 1.87. The van der Waals surface area contributed by atoms with Gasteiger partial charge in [0.2, 0.25) is 0 Å². The molecule has 0 aliphatic heterocycles. The summed E-state index contributed by atoms with van der Waals surface area (Å²) in [5.74, 6) is 0. The van der Waals surface area contributed by atoms with Crippen molar-refractivity contribution in [2.24, 2.45) is 0 Å². The molecule has 2 heterocycles. The Hall–Kier alpha value is -1.40. The van der Waals surface area contributed by atoms with Crippen LogP contribution in [0.15, 0.2) is 17.8 Å². The standard InChI is InChI=1S/C11H16N4OS/c1-9-11(8-17-14-9)12-5-10-6-13-15(7-10)3-4-16-2/h6-8,12H,3-5H2,1-2H3. The Labute approximate surface area is 105 Å². The van der Waals surface area contributed by atoms with Crippen molar-refractivity contribution < 1.29 is 4.74 Å². The predicted molar refractivity (Wildman–Crippen MR) is 68.3 cm³/mol. The van der Waals surface area contributed by atoms with E-state index in [2.05, 4.69) is 14.8 Å². The molecule has 17 heavy (non-hydrogen) atoms. The quantitative estimate of drug-likeness (QED) is 0.853. The minimum Gasteiger partial charge on any atom is -0.383 e. The smallest absolute Gasteiger partial charge is 0.0742 e. The molecule has 2 aromatic rings. The van der Waals surface area contributed by atoms with Crippen molar-refractivity contribution in [3.8, 4) is 0 Å². The van der Waals surface area contributed by atoms with E-state index in [0.29, 0.717) is 6.61 Å². The maximum atomic E-state index is 5.01. The Bertz CT molecular complexity index is 465. The van der Waals surface area contributed by atoms with Crippen LogP contribution in [0, 0.1) is 6.92 Å². The molecule has 6 heteroatoms. The molecule has 2 rings (SSSR count). The van der Waals surface area contributed by atoms with Crippen molar-refractivity contribution >= 4 is 17.2 Å². The summed E-state index contributed by atoms with van der Waals surface area (Å²) >= 11 is 1.47. The van der Waals surface area contributed by atoms with Gasteiger partial charge in [0.25, 0.3) is 0 Å². The van der Waals surface area contributed by atoms with Gasteiger partial charge in [0.1, 0.15) is 0 Å². The van der Waals surface area contributed by atoms with E-state index in [4.69, 9.17) is 4.74 Å². The lowest BCUT2D eigenvalue weighted by Gasteiger charge is -2.02. The van der Waals surface area contributed by atoms with E-state index in [1.165, 1.54) is 11.5 Å². The van der Waals surface area contributed by atoms with Crippen molar-refractivity contribution in [2.45, 2.75) is 20.0 Å². The monoisotopic (exact) mass is 252 g/mol. The highest BCUT2D eigenvalue weighted by atomic mass is 32.1. The number of anilines is 1. The first-order valence-corrected chi connectivity index (χ1v) is 6.28. The summed E-state index contributed by atoms with van der Waals surface area (Å²) in [5.41, 5.74) is 3.30. The molecule has 0 unspecified atom stereocenters. The highest BCUT2D eigenvalue weighted by Gasteiger charge is 2.02. The number of aryl methyl sites for hydroxylation is 1. The molecular weight excluding hydrogens is 236 g/mol. The summed E-state index contributed by atoms with van der Waals surface area (Å²) in [6, 6.07) is 0. The van der Waals surface area contributed by atoms with Gasteiger partial charge < -0.3 is 10.1 Å². The van der Waals surface area contributed by atoms with Gasteiger partial charge in [0.05, 0.1) is 30.7 Å². The molecule has 92 valence electrons. The minimum absolute atomic E-state index is 0.683. The van der Waals surface area contributed by atoms with Crippen molar-refractivity contribution in [1.82, 2.24) is 14.2 Å². The average molecular weight is 252 g/mol. The van der Waals surface area contributed by atoms with E-state index < -0.39 is 0 Å². The number of methoxy groups -OCH3 is 1. The first-order chi connectivity index (χ1) is 8.29. The van der Waals surface area contributed by atoms with E-state index >= 15 is 0 Å². The normalized spacial score (nSPS) is 10.7. The third-order valence-corrected chi connectivity index (χ3v) is 3.16. The van der Waals surface area contributed by atoms with Gasteiger partial charge in [0.15, 0.2) is 0 Å². The molecule has 0 aromatic carbocycles. The summed E-state index contributed by atoms with van der Waals surface area (Å²) in [6.45, 7) is 4.24. The Morgan fingerprint density at radius 2 is 2.41 bits per heavy atom. The molecular formula is C11H16N4OS. The van der Waals surface area contributed by atoms with Gasteiger partial charge in [-0.05, 0) is 18.5 Å². The maximum absolute atomic E-state index is 5.01. The van der Waals surface area contributed by atoms with Crippen LogP contribution >= 0.6 is 11.5 Å². The molecule has 0 amide bonds. The van der Waals surface area contributed by atoms with Crippen molar-refractivity contribution in [3.63, 3.8) is 0 Å². The minimum atomic E-state index is 0.683. The summed E-state index contributed by atoms with van der Waals surface area (Å²) < 4.78 is 11.1. The Morgan fingerprint density at radius 3 is 3.12 bits per heavy atom. The lowest BCUT2D eigenvalue weighted by atomic mass is 10.3. The van der Waals surface area contributed by atoms with Crippen LogP contribution in [0.2, 0.25) is 0 Å². The molecule has 0 spiro atoms. The van der Waals surface area contributed by atoms with E-state index in [9.17, 15) is 0 Å². The Kier molecular flexibility index (Phi) is 4.11. The van der Waals surface area contributed by atoms with Gasteiger partial charge in [-0.3, -0.25) is 4.68 Å². The number of rotatable bonds is 6. The zero-order valence-electron chi connectivity index (χ0n) is 10.0. The third-order valence-electron chi connectivity index (χ3n) is 2.44. The maximum Gasteiger partial charge on any atom is 0.0742 e. The lowest BCUT2D eigenvalue weighted by molar-refractivity contribution is 0.183.